The molecule has 4 rings (SSSR count). The van der Waals surface area contributed by atoms with Gasteiger partial charge in [0.1, 0.15) is 12.1 Å². The molecule has 0 radical (unpaired) electrons. The normalized spacial score (nSPS) is 21.2. The van der Waals surface area contributed by atoms with E-state index in [4.69, 9.17) is 9.84 Å². The van der Waals surface area contributed by atoms with Gasteiger partial charge >= 0.3 is 5.97 Å². The molecular formula is C26H34N4O3. The second-order valence-electron chi connectivity index (χ2n) is 9.08. The van der Waals surface area contributed by atoms with Gasteiger partial charge in [0, 0.05) is 25.4 Å². The van der Waals surface area contributed by atoms with Crippen LogP contribution >= 0.6 is 0 Å². The molecule has 2 aliphatic heterocycles. The van der Waals surface area contributed by atoms with Crippen LogP contribution in [-0.4, -0.2) is 57.8 Å². The van der Waals surface area contributed by atoms with Crippen LogP contribution in [0.4, 0.5) is 0 Å². The van der Waals surface area contributed by atoms with E-state index in [-0.39, 0.29) is 30.5 Å². The fourth-order valence-electron chi connectivity index (χ4n) is 4.82. The van der Waals surface area contributed by atoms with Gasteiger partial charge in [-0.1, -0.05) is 18.6 Å². The summed E-state index contributed by atoms with van der Waals surface area (Å²) in [5, 5.41) is 6.46. The number of hydrogen-bond acceptors (Lipinski definition) is 5. The van der Waals surface area contributed by atoms with Gasteiger partial charge in [0.2, 0.25) is 0 Å². The fourth-order valence-corrected chi connectivity index (χ4v) is 4.82. The van der Waals surface area contributed by atoms with Crippen molar-refractivity contribution in [2.75, 3.05) is 19.7 Å². The molecule has 1 aromatic carbocycles. The Labute approximate surface area is 196 Å². The zero-order valence-corrected chi connectivity index (χ0v) is 20.1. The fraction of sp³-hybridized carbons (Fsp3) is 0.500. The third kappa shape index (κ3) is 4.88. The number of benzene rings is 1. The van der Waals surface area contributed by atoms with Crippen LogP contribution < -0.4 is 0 Å². The molecule has 1 saturated heterocycles. The average molecular weight is 451 g/mol. The van der Waals surface area contributed by atoms with Crippen LogP contribution in [0.1, 0.15) is 61.0 Å². The second kappa shape index (κ2) is 9.91. The lowest BCUT2D eigenvalue weighted by atomic mass is 9.98. The van der Waals surface area contributed by atoms with E-state index in [0.29, 0.717) is 19.6 Å². The van der Waals surface area contributed by atoms with Gasteiger partial charge in [-0.3, -0.25) is 14.5 Å². The van der Waals surface area contributed by atoms with E-state index in [1.165, 1.54) is 11.1 Å². The molecule has 0 bridgehead atoms. The highest BCUT2D eigenvalue weighted by molar-refractivity contribution is 6.03. The van der Waals surface area contributed by atoms with E-state index in [1.54, 1.807) is 5.01 Å². The maximum Gasteiger partial charge on any atom is 0.323 e. The van der Waals surface area contributed by atoms with E-state index in [2.05, 4.69) is 32.0 Å². The smallest absolute Gasteiger partial charge is 0.323 e. The highest BCUT2D eigenvalue weighted by Crippen LogP contribution is 2.33. The average Bonchev–Trinajstić information content (AvgIpc) is 3.42. The summed E-state index contributed by atoms with van der Waals surface area (Å²) in [6, 6.07) is 9.85. The number of nitrogens with zero attached hydrogens (tertiary/aromatic N) is 4. The first-order valence-corrected chi connectivity index (χ1v) is 11.9. The Bertz CT molecular complexity index is 1060. The molecule has 7 nitrogen and oxygen atoms in total. The molecule has 0 aliphatic carbocycles. The van der Waals surface area contributed by atoms with E-state index >= 15 is 0 Å². The van der Waals surface area contributed by atoms with Crippen LogP contribution in [-0.2, 0) is 21.4 Å². The molecule has 2 aromatic rings. The summed E-state index contributed by atoms with van der Waals surface area (Å²) in [6.45, 7) is 7.23. The topological polar surface area (TPSA) is 67.1 Å². The maximum atomic E-state index is 13.6. The monoisotopic (exact) mass is 450 g/mol. The molecule has 0 unspecified atom stereocenters. The van der Waals surface area contributed by atoms with Gasteiger partial charge in [0.25, 0.3) is 5.91 Å². The number of esters is 1. The van der Waals surface area contributed by atoms with Crippen molar-refractivity contribution in [3.05, 3.63) is 58.9 Å². The molecule has 1 fully saturated rings. The summed E-state index contributed by atoms with van der Waals surface area (Å²) in [4.78, 5) is 28.0. The molecule has 2 aliphatic rings. The van der Waals surface area contributed by atoms with Crippen LogP contribution in [0, 0.1) is 13.8 Å². The van der Waals surface area contributed by atoms with Crippen LogP contribution in [0.3, 0.4) is 0 Å². The standard InChI is InChI=1S/C26H34N4O3/c1-5-33-26(32)23-9-6-7-14-29(23)17-25(31)30-24(22-10-8-13-28(22)4)16-21(27-30)20-12-11-18(2)19(3)15-20/h8,10-13,15,23-24H,5-7,9,14,16-17H2,1-4H3/t23-,24-/m0/s1. The number of aromatic nitrogens is 1. The third-order valence-electron chi connectivity index (χ3n) is 6.84. The molecule has 2 atom stereocenters. The molecule has 33 heavy (non-hydrogen) atoms. The largest absolute Gasteiger partial charge is 0.465 e. The van der Waals surface area contributed by atoms with Crippen molar-refractivity contribution in [3.8, 4) is 0 Å². The maximum absolute atomic E-state index is 13.6. The Morgan fingerprint density at radius 1 is 1.15 bits per heavy atom. The van der Waals surface area contributed by atoms with Gasteiger partial charge in [-0.05, 0) is 75.0 Å². The van der Waals surface area contributed by atoms with Gasteiger partial charge in [0.05, 0.1) is 18.9 Å². The summed E-state index contributed by atoms with van der Waals surface area (Å²) in [5.41, 5.74) is 5.46. The predicted octanol–water partition coefficient (Wildman–Crippen LogP) is 3.74. The number of amides is 1. The number of carbonyl (C=O) groups is 2. The van der Waals surface area contributed by atoms with Crippen LogP contribution in [0.5, 0.6) is 0 Å². The minimum absolute atomic E-state index is 0.0868. The van der Waals surface area contributed by atoms with Crippen molar-refractivity contribution in [2.24, 2.45) is 12.1 Å². The van der Waals surface area contributed by atoms with Crippen LogP contribution in [0.25, 0.3) is 0 Å². The molecule has 1 amide bonds. The van der Waals surface area contributed by atoms with Crippen molar-refractivity contribution in [1.29, 1.82) is 0 Å². The zero-order valence-electron chi connectivity index (χ0n) is 20.1. The van der Waals surface area contributed by atoms with E-state index < -0.39 is 0 Å². The lowest BCUT2D eigenvalue weighted by molar-refractivity contribution is -0.152. The van der Waals surface area contributed by atoms with Crippen molar-refractivity contribution in [1.82, 2.24) is 14.5 Å². The summed E-state index contributed by atoms with van der Waals surface area (Å²) in [5.74, 6) is -0.319. The van der Waals surface area contributed by atoms with Gasteiger partial charge < -0.3 is 9.30 Å². The zero-order chi connectivity index (χ0) is 23.5. The number of hydrazone groups is 1. The Balaban J connectivity index is 1.60. The number of rotatable bonds is 6. The molecule has 3 heterocycles. The highest BCUT2D eigenvalue weighted by Gasteiger charge is 2.37. The minimum Gasteiger partial charge on any atom is -0.465 e. The van der Waals surface area contributed by atoms with Crippen molar-refractivity contribution in [3.63, 3.8) is 0 Å². The number of aryl methyl sites for hydroxylation is 3. The Morgan fingerprint density at radius 2 is 1.97 bits per heavy atom. The Morgan fingerprint density at radius 3 is 2.67 bits per heavy atom. The summed E-state index contributed by atoms with van der Waals surface area (Å²) < 4.78 is 7.32. The molecular weight excluding hydrogens is 416 g/mol. The number of likely N-dealkylation sites (tertiary alicyclic amines) is 1. The number of piperidine rings is 1. The molecule has 176 valence electrons. The highest BCUT2D eigenvalue weighted by atomic mass is 16.5. The lowest BCUT2D eigenvalue weighted by Gasteiger charge is -2.34. The number of carbonyl (C=O) groups excluding carboxylic acids is 2. The Hall–Kier alpha value is -2.93. The minimum atomic E-state index is -0.359. The van der Waals surface area contributed by atoms with Gasteiger partial charge in [-0.25, -0.2) is 5.01 Å². The SMILES string of the molecule is CCOC(=O)[C@@H]1CCCCN1CC(=O)N1N=C(c2ccc(C)c(C)c2)C[C@H]1c1cccn1C. The number of hydrogen-bond donors (Lipinski definition) is 0. The lowest BCUT2D eigenvalue weighted by Crippen LogP contribution is -2.49. The van der Waals surface area contributed by atoms with E-state index in [1.807, 2.05) is 41.8 Å². The third-order valence-corrected chi connectivity index (χ3v) is 6.84. The Kier molecular flexibility index (Phi) is 6.98. The van der Waals surface area contributed by atoms with Gasteiger partial charge in [0.15, 0.2) is 0 Å². The first-order valence-electron chi connectivity index (χ1n) is 11.9. The van der Waals surface area contributed by atoms with Crippen LogP contribution in [0.2, 0.25) is 0 Å². The van der Waals surface area contributed by atoms with Crippen molar-refractivity contribution in [2.45, 2.75) is 58.5 Å². The summed E-state index contributed by atoms with van der Waals surface area (Å²) in [6.07, 6.45) is 5.33. The van der Waals surface area contributed by atoms with Gasteiger partial charge in [-0.2, -0.15) is 5.10 Å². The summed E-state index contributed by atoms with van der Waals surface area (Å²) >= 11 is 0. The number of ether oxygens (including phenoxy) is 1. The van der Waals surface area contributed by atoms with Gasteiger partial charge in [-0.15, -0.1) is 0 Å². The molecule has 0 saturated carbocycles. The quantitative estimate of drug-likeness (QED) is 0.629. The van der Waals surface area contributed by atoms with E-state index in [0.717, 1.165) is 36.2 Å². The predicted molar refractivity (Wildman–Crippen MR) is 128 cm³/mol. The molecule has 0 N–H and O–H groups in total. The van der Waals surface area contributed by atoms with Crippen molar-refractivity contribution >= 4 is 17.6 Å². The first-order chi connectivity index (χ1) is 15.9. The molecule has 0 spiro atoms. The van der Waals surface area contributed by atoms with E-state index in [9.17, 15) is 9.59 Å². The molecule has 7 heteroatoms. The van der Waals surface area contributed by atoms with Crippen LogP contribution in [0.15, 0.2) is 41.6 Å². The summed E-state index contributed by atoms with van der Waals surface area (Å²) in [7, 11) is 1.99. The molecule has 1 aromatic heterocycles. The van der Waals surface area contributed by atoms with Crippen molar-refractivity contribution < 1.29 is 14.3 Å². The second-order valence-corrected chi connectivity index (χ2v) is 9.08. The first kappa shape index (κ1) is 23.2.